The first-order valence-corrected chi connectivity index (χ1v) is 8.55. The number of nitrogens with one attached hydrogen (secondary N) is 1. The van der Waals surface area contributed by atoms with Gasteiger partial charge in [-0.15, -0.1) is 0 Å². The van der Waals surface area contributed by atoms with Crippen molar-refractivity contribution in [2.24, 2.45) is 0 Å². The topological polar surface area (TPSA) is 60.5 Å². The normalized spacial score (nSPS) is 13.0. The van der Waals surface area contributed by atoms with E-state index in [-0.39, 0.29) is 5.91 Å². The van der Waals surface area contributed by atoms with Gasteiger partial charge in [-0.05, 0) is 18.1 Å². The van der Waals surface area contributed by atoms with E-state index in [9.17, 15) is 4.79 Å². The van der Waals surface area contributed by atoms with Gasteiger partial charge in [0.05, 0.1) is 16.6 Å². The number of ether oxygens (including phenoxy) is 2. The Morgan fingerprint density at radius 2 is 1.96 bits per heavy atom. The number of fused-ring (bicyclic) bond motifs is 2. The third-order valence-corrected chi connectivity index (χ3v) is 4.84. The van der Waals surface area contributed by atoms with Crippen LogP contribution in [0.3, 0.4) is 0 Å². The number of hydrogen-bond donors (Lipinski definition) is 1. The Kier molecular flexibility index (Phi) is 3.82. The fourth-order valence-electron chi connectivity index (χ4n) is 2.66. The molecule has 0 saturated carbocycles. The lowest BCUT2D eigenvalue weighted by atomic mass is 10.1. The molecular weight excluding hydrogens is 324 g/mol. The summed E-state index contributed by atoms with van der Waals surface area (Å²) in [6.45, 7) is 3.10. The quantitative estimate of drug-likeness (QED) is 0.792. The Morgan fingerprint density at radius 1 is 1.21 bits per heavy atom. The molecule has 122 valence electrons. The van der Waals surface area contributed by atoms with Crippen LogP contribution in [0.1, 0.15) is 11.1 Å². The number of aryl methyl sites for hydroxylation is 1. The largest absolute Gasteiger partial charge is 0.486 e. The second-order valence-corrected chi connectivity index (χ2v) is 6.66. The third kappa shape index (κ3) is 2.92. The number of carbonyl (C=O) groups excluding carboxylic acids is 1. The average molecular weight is 340 g/mol. The van der Waals surface area contributed by atoms with Crippen molar-refractivity contribution in [3.63, 3.8) is 0 Å². The standard InChI is InChI=1S/C18H16N2O3S/c1-11-4-2-3-5-12(11)8-17(21)20-18-19-13-9-14-15(10-16(13)24-18)23-7-6-22-14/h2-5,9-10H,6-8H2,1H3,(H,19,20,21). The van der Waals surface area contributed by atoms with E-state index in [0.29, 0.717) is 30.5 Å². The maximum absolute atomic E-state index is 12.3. The Labute approximate surface area is 143 Å². The van der Waals surface area contributed by atoms with Crippen molar-refractivity contribution in [1.82, 2.24) is 4.98 Å². The number of hydrogen-bond acceptors (Lipinski definition) is 5. The smallest absolute Gasteiger partial charge is 0.230 e. The number of benzene rings is 2. The molecule has 4 rings (SSSR count). The molecule has 6 heteroatoms. The first-order chi connectivity index (χ1) is 11.7. The minimum Gasteiger partial charge on any atom is -0.486 e. The minimum absolute atomic E-state index is 0.0689. The predicted molar refractivity (Wildman–Crippen MR) is 94.1 cm³/mol. The van der Waals surface area contributed by atoms with Crippen LogP contribution in [-0.4, -0.2) is 24.1 Å². The van der Waals surface area contributed by atoms with Crippen LogP contribution >= 0.6 is 11.3 Å². The van der Waals surface area contributed by atoms with E-state index in [1.165, 1.54) is 11.3 Å². The highest BCUT2D eigenvalue weighted by molar-refractivity contribution is 7.22. The number of carbonyl (C=O) groups is 1. The number of nitrogens with zero attached hydrogens (tertiary/aromatic N) is 1. The first-order valence-electron chi connectivity index (χ1n) is 7.73. The van der Waals surface area contributed by atoms with Crippen molar-refractivity contribution >= 4 is 32.6 Å². The van der Waals surface area contributed by atoms with Crippen molar-refractivity contribution in [3.05, 3.63) is 47.5 Å². The zero-order chi connectivity index (χ0) is 16.5. The minimum atomic E-state index is -0.0689. The van der Waals surface area contributed by atoms with E-state index >= 15 is 0 Å². The van der Waals surface area contributed by atoms with Crippen LogP contribution in [0.4, 0.5) is 5.13 Å². The van der Waals surface area contributed by atoms with Gasteiger partial charge in [0.2, 0.25) is 5.91 Å². The van der Waals surface area contributed by atoms with Crippen molar-refractivity contribution < 1.29 is 14.3 Å². The summed E-state index contributed by atoms with van der Waals surface area (Å²) in [6.07, 6.45) is 0.339. The van der Waals surface area contributed by atoms with Crippen LogP contribution in [-0.2, 0) is 11.2 Å². The van der Waals surface area contributed by atoms with Crippen LogP contribution in [0, 0.1) is 6.92 Å². The first kappa shape index (κ1) is 15.0. The summed E-state index contributed by atoms with van der Waals surface area (Å²) in [4.78, 5) is 16.7. The molecule has 1 amide bonds. The van der Waals surface area contributed by atoms with Gasteiger partial charge in [0.1, 0.15) is 13.2 Å². The number of thiazole rings is 1. The van der Waals surface area contributed by atoms with Gasteiger partial charge < -0.3 is 14.8 Å². The summed E-state index contributed by atoms with van der Waals surface area (Å²) in [7, 11) is 0. The predicted octanol–water partition coefficient (Wildman–Crippen LogP) is 3.56. The summed E-state index contributed by atoms with van der Waals surface area (Å²) in [5.74, 6) is 1.37. The molecule has 0 saturated heterocycles. The zero-order valence-electron chi connectivity index (χ0n) is 13.2. The van der Waals surface area contributed by atoms with E-state index in [2.05, 4.69) is 10.3 Å². The molecule has 0 unspecified atom stereocenters. The maximum Gasteiger partial charge on any atom is 0.230 e. The second-order valence-electron chi connectivity index (χ2n) is 5.63. The van der Waals surface area contributed by atoms with Crippen molar-refractivity contribution in [2.75, 3.05) is 18.5 Å². The van der Waals surface area contributed by atoms with Gasteiger partial charge in [0, 0.05) is 12.1 Å². The van der Waals surface area contributed by atoms with Gasteiger partial charge in [0.25, 0.3) is 0 Å². The summed E-state index contributed by atoms with van der Waals surface area (Å²) in [5.41, 5.74) is 2.93. The van der Waals surface area contributed by atoms with Gasteiger partial charge in [-0.1, -0.05) is 35.6 Å². The molecule has 1 aromatic heterocycles. The van der Waals surface area contributed by atoms with Crippen LogP contribution < -0.4 is 14.8 Å². The summed E-state index contributed by atoms with van der Waals surface area (Å²) >= 11 is 1.43. The molecule has 2 heterocycles. The van der Waals surface area contributed by atoms with Gasteiger partial charge >= 0.3 is 0 Å². The molecule has 0 aliphatic carbocycles. The van der Waals surface area contributed by atoms with Gasteiger partial charge in [-0.3, -0.25) is 4.79 Å². The Hall–Kier alpha value is -2.60. The fourth-order valence-corrected chi connectivity index (χ4v) is 3.56. The third-order valence-electron chi connectivity index (χ3n) is 3.91. The number of anilines is 1. The van der Waals surface area contributed by atoms with Gasteiger partial charge in [-0.25, -0.2) is 4.98 Å². The lowest BCUT2D eigenvalue weighted by Gasteiger charge is -2.17. The molecule has 0 atom stereocenters. The van der Waals surface area contributed by atoms with E-state index in [1.807, 2.05) is 43.3 Å². The Balaban J connectivity index is 1.54. The van der Waals surface area contributed by atoms with Crippen molar-refractivity contribution in [3.8, 4) is 11.5 Å². The van der Waals surface area contributed by atoms with E-state index in [0.717, 1.165) is 27.1 Å². The molecule has 1 aliphatic heterocycles. The van der Waals surface area contributed by atoms with Gasteiger partial charge in [0.15, 0.2) is 16.6 Å². The molecule has 0 radical (unpaired) electrons. The van der Waals surface area contributed by atoms with E-state index in [4.69, 9.17) is 9.47 Å². The highest BCUT2D eigenvalue weighted by Gasteiger charge is 2.16. The van der Waals surface area contributed by atoms with Crippen LogP contribution in [0.5, 0.6) is 11.5 Å². The molecule has 0 fully saturated rings. The highest BCUT2D eigenvalue weighted by Crippen LogP contribution is 2.37. The summed E-state index contributed by atoms with van der Waals surface area (Å²) < 4.78 is 12.1. The highest BCUT2D eigenvalue weighted by atomic mass is 32.1. The van der Waals surface area contributed by atoms with Crippen LogP contribution in [0.15, 0.2) is 36.4 Å². The van der Waals surface area contributed by atoms with Crippen molar-refractivity contribution in [1.29, 1.82) is 0 Å². The van der Waals surface area contributed by atoms with Crippen molar-refractivity contribution in [2.45, 2.75) is 13.3 Å². The fraction of sp³-hybridized carbons (Fsp3) is 0.222. The molecule has 1 N–H and O–H groups in total. The SMILES string of the molecule is Cc1ccccc1CC(=O)Nc1nc2cc3c(cc2s1)OCCO3. The summed E-state index contributed by atoms with van der Waals surface area (Å²) in [5, 5.41) is 3.47. The van der Waals surface area contributed by atoms with Crippen LogP contribution in [0.2, 0.25) is 0 Å². The Bertz CT molecular complexity index is 877. The molecular formula is C18H16N2O3S. The monoisotopic (exact) mass is 340 g/mol. The molecule has 3 aromatic rings. The molecule has 2 aromatic carbocycles. The Morgan fingerprint density at radius 3 is 2.75 bits per heavy atom. The number of amides is 1. The maximum atomic E-state index is 12.3. The molecule has 1 aliphatic rings. The number of rotatable bonds is 3. The zero-order valence-corrected chi connectivity index (χ0v) is 14.0. The van der Waals surface area contributed by atoms with Gasteiger partial charge in [-0.2, -0.15) is 0 Å². The summed E-state index contributed by atoms with van der Waals surface area (Å²) in [6, 6.07) is 11.7. The van der Waals surface area contributed by atoms with Crippen LogP contribution in [0.25, 0.3) is 10.2 Å². The average Bonchev–Trinajstić information content (AvgIpc) is 2.95. The lowest BCUT2D eigenvalue weighted by molar-refractivity contribution is -0.115. The molecule has 0 bridgehead atoms. The second kappa shape index (κ2) is 6.13. The van der Waals surface area contributed by atoms with E-state index in [1.54, 1.807) is 0 Å². The molecule has 5 nitrogen and oxygen atoms in total. The molecule has 0 spiro atoms. The lowest BCUT2D eigenvalue weighted by Crippen LogP contribution is -2.15. The number of aromatic nitrogens is 1. The molecule has 24 heavy (non-hydrogen) atoms. The van der Waals surface area contributed by atoms with E-state index < -0.39 is 0 Å².